The van der Waals surface area contributed by atoms with Gasteiger partial charge in [0.25, 0.3) is 5.69 Å². The normalized spacial score (nSPS) is 10.6. The molecule has 0 spiro atoms. The lowest BCUT2D eigenvalue weighted by molar-refractivity contribution is -0.385. The van der Waals surface area contributed by atoms with Gasteiger partial charge in [0.2, 0.25) is 0 Å². The molecule has 7 heteroatoms. The number of carbonyl (C=O) groups is 1. The van der Waals surface area contributed by atoms with Crippen LogP contribution in [0.1, 0.15) is 16.6 Å². The van der Waals surface area contributed by atoms with Gasteiger partial charge in [-0.1, -0.05) is 0 Å². The molecule has 5 nitrogen and oxygen atoms in total. The Bertz CT molecular complexity index is 637. The fraction of sp³-hybridized carbons (Fsp3) is 0.182. The van der Waals surface area contributed by atoms with E-state index in [0.29, 0.717) is 21.3 Å². The van der Waals surface area contributed by atoms with Crippen molar-refractivity contribution in [1.82, 2.24) is 0 Å². The highest BCUT2D eigenvalue weighted by Crippen LogP contribution is 2.34. The molecule has 1 aromatic heterocycles. The number of nitro benzene ring substituents is 1. The van der Waals surface area contributed by atoms with Gasteiger partial charge in [0, 0.05) is 16.2 Å². The Morgan fingerprint density at radius 3 is 2.83 bits per heavy atom. The van der Waals surface area contributed by atoms with E-state index in [1.54, 1.807) is 19.1 Å². The summed E-state index contributed by atoms with van der Waals surface area (Å²) in [5.41, 5.74) is -0.0179. The lowest BCUT2D eigenvalue weighted by Crippen LogP contribution is -2.01. The highest BCUT2D eigenvalue weighted by atomic mass is 79.9. The van der Waals surface area contributed by atoms with Crippen LogP contribution in [-0.2, 0) is 4.74 Å². The Kier molecular flexibility index (Phi) is 3.63. The highest BCUT2D eigenvalue weighted by molar-refractivity contribution is 9.10. The fourth-order valence-corrected chi connectivity index (χ4v) is 3.11. The molecule has 0 fully saturated rings. The van der Waals surface area contributed by atoms with Gasteiger partial charge in [-0.05, 0) is 35.0 Å². The quantitative estimate of drug-likeness (QED) is 0.488. The molecule has 2 aromatic rings. The molecule has 2 rings (SSSR count). The Labute approximate surface area is 115 Å². The second kappa shape index (κ2) is 5.03. The summed E-state index contributed by atoms with van der Waals surface area (Å²) >= 11 is 4.40. The van der Waals surface area contributed by atoms with Crippen LogP contribution >= 0.6 is 27.3 Å². The molecule has 0 bridgehead atoms. The summed E-state index contributed by atoms with van der Waals surface area (Å²) in [6, 6.07) is 4.69. The van der Waals surface area contributed by atoms with Crippen LogP contribution in [0, 0.1) is 10.1 Å². The van der Waals surface area contributed by atoms with Crippen molar-refractivity contribution < 1.29 is 14.5 Å². The van der Waals surface area contributed by atoms with E-state index >= 15 is 0 Å². The van der Waals surface area contributed by atoms with Gasteiger partial charge in [0.1, 0.15) is 4.88 Å². The number of thiophene rings is 1. The third kappa shape index (κ3) is 2.37. The Hall–Kier alpha value is -1.47. The summed E-state index contributed by atoms with van der Waals surface area (Å²) in [5, 5.41) is 11.5. The number of ether oxygens (including phenoxy) is 1. The van der Waals surface area contributed by atoms with Gasteiger partial charge in [0.15, 0.2) is 0 Å². The molecule has 0 radical (unpaired) electrons. The minimum Gasteiger partial charge on any atom is -0.462 e. The monoisotopic (exact) mass is 329 g/mol. The topological polar surface area (TPSA) is 69.4 Å². The second-order valence-corrected chi connectivity index (χ2v) is 5.37. The molecule has 0 saturated carbocycles. The fourth-order valence-electron chi connectivity index (χ4n) is 1.49. The van der Waals surface area contributed by atoms with Crippen LogP contribution in [0.3, 0.4) is 0 Å². The average Bonchev–Trinajstić information content (AvgIpc) is 2.70. The predicted molar refractivity (Wildman–Crippen MR) is 72.1 cm³/mol. The number of nitro groups is 1. The Morgan fingerprint density at radius 2 is 2.22 bits per heavy atom. The number of rotatable bonds is 3. The summed E-state index contributed by atoms with van der Waals surface area (Å²) < 4.78 is 6.09. The lowest BCUT2D eigenvalue weighted by atomic mass is 10.2. The number of esters is 1. The van der Waals surface area contributed by atoms with E-state index in [2.05, 4.69) is 15.9 Å². The number of hydrogen-bond acceptors (Lipinski definition) is 5. The number of nitrogens with zero attached hydrogens (tertiary/aromatic N) is 1. The zero-order chi connectivity index (χ0) is 13.3. The van der Waals surface area contributed by atoms with E-state index in [0.717, 1.165) is 4.70 Å². The molecule has 0 amide bonds. The van der Waals surface area contributed by atoms with Crippen molar-refractivity contribution in [3.63, 3.8) is 0 Å². The third-order valence-corrected chi connectivity index (χ3v) is 3.97. The molecule has 0 aliphatic rings. The Balaban J connectivity index is 2.52. The zero-order valence-corrected chi connectivity index (χ0v) is 11.7. The van der Waals surface area contributed by atoms with Crippen molar-refractivity contribution in [1.29, 1.82) is 0 Å². The van der Waals surface area contributed by atoms with E-state index in [9.17, 15) is 14.9 Å². The van der Waals surface area contributed by atoms with Crippen molar-refractivity contribution >= 4 is 49.0 Å². The van der Waals surface area contributed by atoms with Crippen LogP contribution in [0.25, 0.3) is 10.1 Å². The van der Waals surface area contributed by atoms with Crippen LogP contribution < -0.4 is 0 Å². The molecule has 18 heavy (non-hydrogen) atoms. The molecule has 0 aliphatic heterocycles. The summed E-state index contributed by atoms with van der Waals surface area (Å²) in [7, 11) is 0. The van der Waals surface area contributed by atoms with E-state index in [1.165, 1.54) is 17.4 Å². The van der Waals surface area contributed by atoms with Gasteiger partial charge in [-0.3, -0.25) is 10.1 Å². The molecule has 94 valence electrons. The average molecular weight is 330 g/mol. The maximum Gasteiger partial charge on any atom is 0.348 e. The first-order chi connectivity index (χ1) is 8.52. The van der Waals surface area contributed by atoms with E-state index in [-0.39, 0.29) is 5.69 Å². The first kappa shape index (κ1) is 13.0. The molecule has 0 saturated heterocycles. The molecule has 0 N–H and O–H groups in total. The van der Waals surface area contributed by atoms with Gasteiger partial charge in [-0.15, -0.1) is 11.3 Å². The van der Waals surface area contributed by atoms with E-state index in [1.807, 2.05) is 0 Å². The zero-order valence-electron chi connectivity index (χ0n) is 9.31. The minimum absolute atomic E-state index is 0.0179. The van der Waals surface area contributed by atoms with Crippen LogP contribution in [0.5, 0.6) is 0 Å². The molecule has 0 atom stereocenters. The van der Waals surface area contributed by atoms with Gasteiger partial charge >= 0.3 is 5.97 Å². The summed E-state index contributed by atoms with van der Waals surface area (Å²) in [6.07, 6.45) is 0. The summed E-state index contributed by atoms with van der Waals surface area (Å²) in [4.78, 5) is 22.3. The first-order valence-corrected chi connectivity index (χ1v) is 6.68. The first-order valence-electron chi connectivity index (χ1n) is 5.07. The number of carbonyl (C=O) groups excluding carboxylic acids is 1. The molecule has 0 aliphatic carbocycles. The maximum absolute atomic E-state index is 11.6. The van der Waals surface area contributed by atoms with Crippen LogP contribution in [-0.4, -0.2) is 17.5 Å². The van der Waals surface area contributed by atoms with Crippen molar-refractivity contribution in [2.24, 2.45) is 0 Å². The standard InChI is InChI=1S/C11H8BrNO4S/c1-2-17-11(14)10-4-6-3-8(13(15)16)7(12)5-9(6)18-10/h3-5H,2H2,1H3. The van der Waals surface area contributed by atoms with Gasteiger partial charge in [-0.2, -0.15) is 0 Å². The number of hydrogen-bond donors (Lipinski definition) is 0. The minimum atomic E-state index is -0.467. The smallest absolute Gasteiger partial charge is 0.348 e. The van der Waals surface area contributed by atoms with Crippen molar-refractivity contribution in [3.05, 3.63) is 37.7 Å². The third-order valence-electron chi connectivity index (χ3n) is 2.26. The van der Waals surface area contributed by atoms with Crippen molar-refractivity contribution in [2.45, 2.75) is 6.92 Å². The van der Waals surface area contributed by atoms with E-state index in [4.69, 9.17) is 4.74 Å². The van der Waals surface area contributed by atoms with Crippen molar-refractivity contribution in [3.8, 4) is 0 Å². The number of halogens is 1. The van der Waals surface area contributed by atoms with Crippen LogP contribution in [0.15, 0.2) is 22.7 Å². The van der Waals surface area contributed by atoms with Gasteiger partial charge < -0.3 is 4.74 Å². The van der Waals surface area contributed by atoms with Crippen LogP contribution in [0.4, 0.5) is 5.69 Å². The number of fused-ring (bicyclic) bond motifs is 1. The molecule has 1 aromatic carbocycles. The second-order valence-electron chi connectivity index (χ2n) is 3.43. The van der Waals surface area contributed by atoms with Crippen molar-refractivity contribution in [2.75, 3.05) is 6.61 Å². The lowest BCUT2D eigenvalue weighted by Gasteiger charge is -1.95. The SMILES string of the molecule is CCOC(=O)c1cc2cc([N+](=O)[O-])c(Br)cc2s1. The molecular formula is C11H8BrNO4S. The molecule has 1 heterocycles. The van der Waals surface area contributed by atoms with Crippen LogP contribution in [0.2, 0.25) is 0 Å². The summed E-state index contributed by atoms with van der Waals surface area (Å²) in [5.74, 6) is -0.405. The Morgan fingerprint density at radius 1 is 1.50 bits per heavy atom. The highest BCUT2D eigenvalue weighted by Gasteiger charge is 2.17. The summed E-state index contributed by atoms with van der Waals surface area (Å²) in [6.45, 7) is 2.03. The molecular weight excluding hydrogens is 322 g/mol. The number of benzene rings is 1. The predicted octanol–water partition coefficient (Wildman–Crippen LogP) is 3.75. The molecule has 0 unspecified atom stereocenters. The van der Waals surface area contributed by atoms with Gasteiger partial charge in [-0.25, -0.2) is 4.79 Å². The van der Waals surface area contributed by atoms with Gasteiger partial charge in [0.05, 0.1) is 16.0 Å². The maximum atomic E-state index is 11.6. The van der Waals surface area contributed by atoms with E-state index < -0.39 is 10.9 Å². The largest absolute Gasteiger partial charge is 0.462 e.